The fraction of sp³-hybridized carbons (Fsp3) is 0.136. The highest BCUT2D eigenvalue weighted by Crippen LogP contribution is 2.38. The zero-order valence-electron chi connectivity index (χ0n) is 16.7. The number of H-pyrrole nitrogens is 1. The molecule has 156 valence electrons. The van der Waals surface area contributed by atoms with Gasteiger partial charge in [0.1, 0.15) is 17.7 Å². The standard InChI is InChI=1S/C22H17BrClFN6/c1-3-19-22(29-11-28-19)31(2)14-7-15-20(30-13-4-5-18(25)17(24)6-13)12(9-26)10-27-21(15)16(23)8-14/h4-8,10-11H,3H2,1-2H3,(H,27,30)(H,28,29). The van der Waals surface area contributed by atoms with Crippen molar-refractivity contribution in [3.63, 3.8) is 0 Å². The van der Waals surface area contributed by atoms with Crippen molar-refractivity contribution >= 4 is 61.3 Å². The van der Waals surface area contributed by atoms with Gasteiger partial charge in [0.25, 0.3) is 0 Å². The van der Waals surface area contributed by atoms with E-state index in [1.54, 1.807) is 12.4 Å². The first-order valence-corrected chi connectivity index (χ1v) is 10.6. The van der Waals surface area contributed by atoms with Crippen LogP contribution in [0.3, 0.4) is 0 Å². The number of fused-ring (bicyclic) bond motifs is 1. The molecule has 0 aliphatic carbocycles. The molecule has 2 aromatic heterocycles. The molecule has 4 aromatic rings. The minimum atomic E-state index is -0.509. The number of pyridine rings is 1. The van der Waals surface area contributed by atoms with Crippen LogP contribution in [-0.4, -0.2) is 22.0 Å². The van der Waals surface area contributed by atoms with Gasteiger partial charge in [0.05, 0.1) is 33.8 Å². The number of aromatic nitrogens is 3. The normalized spacial score (nSPS) is 10.8. The number of benzene rings is 2. The zero-order valence-corrected chi connectivity index (χ0v) is 19.0. The Kier molecular flexibility index (Phi) is 5.81. The highest BCUT2D eigenvalue weighted by Gasteiger charge is 2.17. The molecule has 2 heterocycles. The summed E-state index contributed by atoms with van der Waals surface area (Å²) in [5, 5.41) is 13.6. The first kappa shape index (κ1) is 21.1. The number of imidazole rings is 1. The van der Waals surface area contributed by atoms with Crippen molar-refractivity contribution in [1.29, 1.82) is 5.26 Å². The van der Waals surface area contributed by atoms with Gasteiger partial charge in [-0.15, -0.1) is 0 Å². The smallest absolute Gasteiger partial charge is 0.141 e. The van der Waals surface area contributed by atoms with Crippen LogP contribution in [0.2, 0.25) is 5.02 Å². The molecule has 0 bridgehead atoms. The third kappa shape index (κ3) is 3.94. The number of nitrogens with one attached hydrogen (secondary N) is 2. The van der Waals surface area contributed by atoms with Gasteiger partial charge < -0.3 is 15.2 Å². The molecule has 0 saturated carbocycles. The first-order chi connectivity index (χ1) is 14.9. The molecular weight excluding hydrogens is 483 g/mol. The molecule has 4 rings (SSSR count). The summed E-state index contributed by atoms with van der Waals surface area (Å²) in [6.45, 7) is 2.04. The lowest BCUT2D eigenvalue weighted by Crippen LogP contribution is -2.12. The maximum absolute atomic E-state index is 13.6. The zero-order chi connectivity index (χ0) is 22.1. The van der Waals surface area contributed by atoms with Crippen LogP contribution in [0.15, 0.2) is 47.3 Å². The van der Waals surface area contributed by atoms with Crippen molar-refractivity contribution in [3.05, 3.63) is 69.4 Å². The third-order valence-corrected chi connectivity index (χ3v) is 5.87. The van der Waals surface area contributed by atoms with Crippen LogP contribution in [-0.2, 0) is 6.42 Å². The Morgan fingerprint density at radius 2 is 2.10 bits per heavy atom. The summed E-state index contributed by atoms with van der Waals surface area (Å²) in [6.07, 6.45) is 3.96. The van der Waals surface area contributed by atoms with E-state index in [2.05, 4.69) is 42.3 Å². The Labute approximate surface area is 191 Å². The van der Waals surface area contributed by atoms with Crippen molar-refractivity contribution in [2.75, 3.05) is 17.3 Å². The van der Waals surface area contributed by atoms with E-state index in [0.29, 0.717) is 22.5 Å². The molecule has 2 aromatic carbocycles. The lowest BCUT2D eigenvalue weighted by atomic mass is 10.1. The molecule has 0 unspecified atom stereocenters. The van der Waals surface area contributed by atoms with Crippen LogP contribution in [0.1, 0.15) is 18.2 Å². The number of anilines is 4. The highest BCUT2D eigenvalue weighted by molar-refractivity contribution is 9.10. The Bertz CT molecular complexity index is 1330. The van der Waals surface area contributed by atoms with Gasteiger partial charge in [0, 0.05) is 34.5 Å². The molecule has 0 spiro atoms. The number of rotatable bonds is 5. The molecule has 31 heavy (non-hydrogen) atoms. The number of nitriles is 1. The summed E-state index contributed by atoms with van der Waals surface area (Å²) in [5.74, 6) is 0.378. The van der Waals surface area contributed by atoms with Gasteiger partial charge in [-0.3, -0.25) is 4.98 Å². The molecule has 9 heteroatoms. The molecule has 0 atom stereocenters. The SMILES string of the molecule is CCc1nc[nH]c1N(C)c1cc(Br)c2ncc(C#N)c(Nc3ccc(F)c(Cl)c3)c2c1. The monoisotopic (exact) mass is 498 g/mol. The van der Waals surface area contributed by atoms with E-state index >= 15 is 0 Å². The predicted molar refractivity (Wildman–Crippen MR) is 125 cm³/mol. The number of nitrogens with zero attached hydrogens (tertiary/aromatic N) is 4. The average molecular weight is 500 g/mol. The van der Waals surface area contributed by atoms with Gasteiger partial charge >= 0.3 is 0 Å². The van der Waals surface area contributed by atoms with Gasteiger partial charge in [0.2, 0.25) is 0 Å². The van der Waals surface area contributed by atoms with Gasteiger partial charge in [-0.2, -0.15) is 5.26 Å². The van der Waals surface area contributed by atoms with Crippen LogP contribution in [0.4, 0.5) is 27.3 Å². The summed E-state index contributed by atoms with van der Waals surface area (Å²) < 4.78 is 14.4. The van der Waals surface area contributed by atoms with Crippen LogP contribution in [0.25, 0.3) is 10.9 Å². The van der Waals surface area contributed by atoms with Crippen LogP contribution in [0, 0.1) is 17.1 Å². The van der Waals surface area contributed by atoms with Crippen LogP contribution < -0.4 is 10.2 Å². The fourth-order valence-corrected chi connectivity index (χ4v) is 4.10. The minimum Gasteiger partial charge on any atom is -0.354 e. The topological polar surface area (TPSA) is 80.6 Å². The van der Waals surface area contributed by atoms with Crippen molar-refractivity contribution in [1.82, 2.24) is 15.0 Å². The Morgan fingerprint density at radius 3 is 2.81 bits per heavy atom. The minimum absolute atomic E-state index is 0.00480. The second-order valence-electron chi connectivity index (χ2n) is 6.85. The van der Waals surface area contributed by atoms with Crippen LogP contribution in [0.5, 0.6) is 0 Å². The molecule has 6 nitrogen and oxygen atoms in total. The van der Waals surface area contributed by atoms with Gasteiger partial charge in [0.15, 0.2) is 0 Å². The molecule has 0 aliphatic rings. The largest absolute Gasteiger partial charge is 0.354 e. The van der Waals surface area contributed by atoms with Gasteiger partial charge in [-0.25, -0.2) is 9.37 Å². The number of aromatic amines is 1. The summed E-state index contributed by atoms with van der Waals surface area (Å²) >= 11 is 9.54. The maximum atomic E-state index is 13.6. The number of halogens is 3. The Morgan fingerprint density at radius 1 is 1.29 bits per heavy atom. The number of hydrogen-bond acceptors (Lipinski definition) is 5. The Balaban J connectivity index is 1.88. The first-order valence-electron chi connectivity index (χ1n) is 9.43. The molecule has 2 N–H and O–H groups in total. The van der Waals surface area contributed by atoms with E-state index in [1.165, 1.54) is 18.3 Å². The lowest BCUT2D eigenvalue weighted by molar-refractivity contribution is 0.628. The van der Waals surface area contributed by atoms with E-state index in [4.69, 9.17) is 11.6 Å². The summed E-state index contributed by atoms with van der Waals surface area (Å²) in [4.78, 5) is 14.0. The average Bonchev–Trinajstić information content (AvgIpc) is 3.25. The third-order valence-electron chi connectivity index (χ3n) is 4.97. The maximum Gasteiger partial charge on any atom is 0.141 e. The highest BCUT2D eigenvalue weighted by atomic mass is 79.9. The molecule has 0 amide bonds. The van der Waals surface area contributed by atoms with E-state index in [-0.39, 0.29) is 5.02 Å². The van der Waals surface area contributed by atoms with Gasteiger partial charge in [-0.05, 0) is 52.7 Å². The van der Waals surface area contributed by atoms with E-state index < -0.39 is 5.82 Å². The Hall–Kier alpha value is -3.15. The molecule has 0 radical (unpaired) electrons. The quantitative estimate of drug-likeness (QED) is 0.329. The lowest BCUT2D eigenvalue weighted by Gasteiger charge is -2.21. The predicted octanol–water partition coefficient (Wildman–Crippen LogP) is 6.46. The van der Waals surface area contributed by atoms with Crippen molar-refractivity contribution < 1.29 is 4.39 Å². The van der Waals surface area contributed by atoms with Crippen LogP contribution >= 0.6 is 27.5 Å². The summed E-state index contributed by atoms with van der Waals surface area (Å²) in [6, 6.07) is 10.4. The van der Waals surface area contributed by atoms with E-state index in [1.807, 2.05) is 31.0 Å². The number of hydrogen-bond donors (Lipinski definition) is 2. The fourth-order valence-electron chi connectivity index (χ4n) is 3.37. The number of aryl methyl sites for hydroxylation is 1. The molecule has 0 fully saturated rings. The van der Waals surface area contributed by atoms with Crippen molar-refractivity contribution in [3.8, 4) is 6.07 Å². The molecular formula is C22H17BrClFN6. The van der Waals surface area contributed by atoms with E-state index in [0.717, 1.165) is 33.5 Å². The van der Waals surface area contributed by atoms with Gasteiger partial charge in [-0.1, -0.05) is 18.5 Å². The van der Waals surface area contributed by atoms with Crippen molar-refractivity contribution in [2.45, 2.75) is 13.3 Å². The summed E-state index contributed by atoms with van der Waals surface area (Å²) in [7, 11) is 1.94. The van der Waals surface area contributed by atoms with E-state index in [9.17, 15) is 9.65 Å². The van der Waals surface area contributed by atoms with Crippen molar-refractivity contribution in [2.24, 2.45) is 0 Å². The summed E-state index contributed by atoms with van der Waals surface area (Å²) in [5.41, 5.74) is 3.98. The second kappa shape index (κ2) is 8.53. The molecule has 0 saturated heterocycles. The molecule has 0 aliphatic heterocycles. The second-order valence-corrected chi connectivity index (χ2v) is 8.11.